The van der Waals surface area contributed by atoms with E-state index in [-0.39, 0.29) is 11.6 Å². The number of aromatic amines is 1. The summed E-state index contributed by atoms with van der Waals surface area (Å²) in [4.78, 5) is 12.5. The van der Waals surface area contributed by atoms with Crippen molar-refractivity contribution in [2.45, 2.75) is 37.9 Å². The van der Waals surface area contributed by atoms with Crippen molar-refractivity contribution in [2.75, 3.05) is 5.32 Å². The number of fused-ring (bicyclic) bond motifs is 1. The van der Waals surface area contributed by atoms with E-state index >= 15 is 0 Å². The maximum absolute atomic E-state index is 12.5. The van der Waals surface area contributed by atoms with Crippen LogP contribution in [0, 0.1) is 0 Å². The largest absolute Gasteiger partial charge is 0.463 e. The number of H-pyrrole nitrogens is 1. The molecule has 1 saturated carbocycles. The molecule has 1 aromatic carbocycles. The Morgan fingerprint density at radius 2 is 1.93 bits per heavy atom. The third-order valence-corrected chi connectivity index (χ3v) is 5.01. The molecule has 0 radical (unpaired) electrons. The predicted octanol–water partition coefficient (Wildman–Crippen LogP) is 4.35. The molecular weight excluding hydrogens is 346 g/mol. The van der Waals surface area contributed by atoms with Gasteiger partial charge in [0.25, 0.3) is 11.7 Å². The summed E-state index contributed by atoms with van der Waals surface area (Å²) in [6.07, 6.45) is 6.79. The first-order valence-corrected chi connectivity index (χ1v) is 9.14. The molecular formula is C20H19N3O4. The molecule has 1 amide bonds. The van der Waals surface area contributed by atoms with Crippen LogP contribution >= 0.6 is 0 Å². The number of carbonyl (C=O) groups is 1. The van der Waals surface area contributed by atoms with Gasteiger partial charge in [-0.15, -0.1) is 0 Å². The average Bonchev–Trinajstić information content (AvgIpc) is 3.41. The van der Waals surface area contributed by atoms with Crippen LogP contribution in [0.3, 0.4) is 0 Å². The molecule has 5 rings (SSSR count). The van der Waals surface area contributed by atoms with E-state index in [1.165, 1.54) is 6.42 Å². The van der Waals surface area contributed by atoms with E-state index in [0.29, 0.717) is 22.9 Å². The number of ether oxygens (including phenoxy) is 2. The lowest BCUT2D eigenvalue weighted by atomic mass is 9.94. The van der Waals surface area contributed by atoms with E-state index in [1.807, 2.05) is 12.1 Å². The quantitative estimate of drug-likeness (QED) is 0.720. The summed E-state index contributed by atoms with van der Waals surface area (Å²) in [7, 11) is 0. The van der Waals surface area contributed by atoms with Gasteiger partial charge in [0.2, 0.25) is 0 Å². The van der Waals surface area contributed by atoms with Gasteiger partial charge in [-0.1, -0.05) is 6.42 Å². The van der Waals surface area contributed by atoms with E-state index in [1.54, 1.807) is 30.5 Å². The molecule has 1 aliphatic heterocycles. The van der Waals surface area contributed by atoms with Crippen molar-refractivity contribution in [3.63, 3.8) is 0 Å². The monoisotopic (exact) mass is 365 g/mol. The van der Waals surface area contributed by atoms with Gasteiger partial charge in [0.05, 0.1) is 6.26 Å². The minimum atomic E-state index is -0.524. The Hall–Kier alpha value is -3.22. The van der Waals surface area contributed by atoms with E-state index in [2.05, 4.69) is 15.5 Å². The highest BCUT2D eigenvalue weighted by Crippen LogP contribution is 2.46. The number of anilines is 1. The van der Waals surface area contributed by atoms with Gasteiger partial charge >= 0.3 is 0 Å². The highest BCUT2D eigenvalue weighted by atomic mass is 16.7. The van der Waals surface area contributed by atoms with Crippen LogP contribution in [0.15, 0.2) is 47.1 Å². The lowest BCUT2D eigenvalue weighted by molar-refractivity contribution is -0.105. The molecule has 3 heterocycles. The first-order chi connectivity index (χ1) is 13.2. The molecule has 138 valence electrons. The summed E-state index contributed by atoms with van der Waals surface area (Å²) >= 11 is 0. The Kier molecular flexibility index (Phi) is 3.67. The maximum atomic E-state index is 12.5. The van der Waals surface area contributed by atoms with Crippen molar-refractivity contribution in [3.05, 3.63) is 48.4 Å². The number of nitrogens with zero attached hydrogens (tertiary/aromatic N) is 1. The fourth-order valence-electron chi connectivity index (χ4n) is 3.66. The van der Waals surface area contributed by atoms with Crippen molar-refractivity contribution >= 4 is 11.6 Å². The lowest BCUT2D eigenvalue weighted by Crippen LogP contribution is -2.40. The fraction of sp³-hybridized carbons (Fsp3) is 0.300. The van der Waals surface area contributed by atoms with Crippen molar-refractivity contribution in [1.82, 2.24) is 10.2 Å². The van der Waals surface area contributed by atoms with Crippen molar-refractivity contribution in [3.8, 4) is 23.0 Å². The first kappa shape index (κ1) is 16.0. The fourth-order valence-corrected chi connectivity index (χ4v) is 3.66. The van der Waals surface area contributed by atoms with Gasteiger partial charge in [-0.3, -0.25) is 9.89 Å². The molecule has 0 atom stereocenters. The molecule has 1 fully saturated rings. The van der Waals surface area contributed by atoms with Crippen molar-refractivity contribution in [2.24, 2.45) is 0 Å². The Labute approximate surface area is 155 Å². The minimum absolute atomic E-state index is 0.280. The van der Waals surface area contributed by atoms with Crippen LogP contribution in [0.4, 0.5) is 5.69 Å². The molecule has 7 heteroatoms. The van der Waals surface area contributed by atoms with Crippen LogP contribution in [0.5, 0.6) is 11.5 Å². The molecule has 0 unspecified atom stereocenters. The second-order valence-corrected chi connectivity index (χ2v) is 6.94. The molecule has 2 N–H and O–H groups in total. The molecule has 2 aliphatic rings. The van der Waals surface area contributed by atoms with Crippen LogP contribution in [0.25, 0.3) is 11.5 Å². The highest BCUT2D eigenvalue weighted by molar-refractivity contribution is 6.03. The summed E-state index contributed by atoms with van der Waals surface area (Å²) in [6.45, 7) is 0. The van der Waals surface area contributed by atoms with E-state index in [9.17, 15) is 4.79 Å². The number of aromatic nitrogens is 2. The summed E-state index contributed by atoms with van der Waals surface area (Å²) in [5, 5.41) is 9.71. The second-order valence-electron chi connectivity index (χ2n) is 6.94. The minimum Gasteiger partial charge on any atom is -0.463 e. The summed E-state index contributed by atoms with van der Waals surface area (Å²) in [5.74, 6) is 1.20. The van der Waals surface area contributed by atoms with E-state index in [4.69, 9.17) is 13.9 Å². The number of carbonyl (C=O) groups excluding carboxylic acids is 1. The SMILES string of the molecule is O=C(Nc1ccc2c(c1)OC1(CCCCC1)O2)c1cc(-c2ccco2)[nH]n1. The van der Waals surface area contributed by atoms with Crippen LogP contribution in [-0.2, 0) is 0 Å². The zero-order valence-electron chi connectivity index (χ0n) is 14.7. The topological polar surface area (TPSA) is 89.4 Å². The molecule has 1 aliphatic carbocycles. The van der Waals surface area contributed by atoms with Gasteiger partial charge < -0.3 is 19.2 Å². The Morgan fingerprint density at radius 3 is 2.74 bits per heavy atom. The van der Waals surface area contributed by atoms with Gasteiger partial charge in [0.15, 0.2) is 23.0 Å². The van der Waals surface area contributed by atoms with E-state index in [0.717, 1.165) is 31.4 Å². The molecule has 0 bridgehead atoms. The smallest absolute Gasteiger partial charge is 0.276 e. The van der Waals surface area contributed by atoms with Gasteiger partial charge in [-0.2, -0.15) is 5.10 Å². The Balaban J connectivity index is 1.31. The van der Waals surface area contributed by atoms with Crippen molar-refractivity contribution in [1.29, 1.82) is 0 Å². The zero-order valence-corrected chi connectivity index (χ0v) is 14.7. The number of furan rings is 1. The Morgan fingerprint density at radius 1 is 1.07 bits per heavy atom. The Bertz CT molecular complexity index is 971. The summed E-state index contributed by atoms with van der Waals surface area (Å²) < 4.78 is 17.5. The lowest BCUT2D eigenvalue weighted by Gasteiger charge is -2.31. The summed E-state index contributed by atoms with van der Waals surface area (Å²) in [5.41, 5.74) is 1.57. The number of amides is 1. The van der Waals surface area contributed by atoms with E-state index < -0.39 is 5.79 Å². The molecule has 3 aromatic rings. The zero-order chi connectivity index (χ0) is 18.3. The molecule has 2 aromatic heterocycles. The third-order valence-electron chi connectivity index (χ3n) is 5.01. The average molecular weight is 365 g/mol. The number of hydrogen-bond acceptors (Lipinski definition) is 5. The molecule has 27 heavy (non-hydrogen) atoms. The third kappa shape index (κ3) is 2.95. The second kappa shape index (κ2) is 6.19. The van der Waals surface area contributed by atoms with Crippen LogP contribution in [-0.4, -0.2) is 21.9 Å². The summed E-state index contributed by atoms with van der Waals surface area (Å²) in [6, 6.07) is 10.7. The molecule has 7 nitrogen and oxygen atoms in total. The first-order valence-electron chi connectivity index (χ1n) is 9.14. The van der Waals surface area contributed by atoms with Crippen molar-refractivity contribution < 1.29 is 18.7 Å². The predicted molar refractivity (Wildman–Crippen MR) is 97.8 cm³/mol. The van der Waals surface area contributed by atoms with Gasteiger partial charge in [0, 0.05) is 30.7 Å². The number of rotatable bonds is 3. The van der Waals surface area contributed by atoms with Gasteiger partial charge in [-0.05, 0) is 37.1 Å². The molecule has 0 saturated heterocycles. The maximum Gasteiger partial charge on any atom is 0.276 e. The van der Waals surface area contributed by atoms with Crippen LogP contribution in [0.1, 0.15) is 42.6 Å². The standard InChI is InChI=1S/C20H19N3O4/c24-19(15-12-14(22-23-15)16-5-4-10-25-16)21-13-6-7-17-18(11-13)27-20(26-17)8-2-1-3-9-20/h4-7,10-12H,1-3,8-9H2,(H,21,24)(H,22,23). The van der Waals surface area contributed by atoms with Gasteiger partial charge in [-0.25, -0.2) is 0 Å². The molecule has 1 spiro atoms. The van der Waals surface area contributed by atoms with Gasteiger partial charge in [0.1, 0.15) is 5.69 Å². The highest BCUT2D eigenvalue weighted by Gasteiger charge is 2.42. The number of benzene rings is 1. The number of hydrogen-bond donors (Lipinski definition) is 2. The number of nitrogens with one attached hydrogen (secondary N) is 2. The van der Waals surface area contributed by atoms with Crippen LogP contribution in [0.2, 0.25) is 0 Å². The van der Waals surface area contributed by atoms with Crippen LogP contribution < -0.4 is 14.8 Å². The normalized spacial score (nSPS) is 17.2.